The first kappa shape index (κ1) is 42.2. The average Bonchev–Trinajstić information content (AvgIpc) is 3.16. The van der Waals surface area contributed by atoms with E-state index < -0.39 is 120 Å². The van der Waals surface area contributed by atoms with Crippen LogP contribution in [-0.4, -0.2) is 78.4 Å². The molecule has 6 rings (SSSR count). The van der Waals surface area contributed by atoms with Gasteiger partial charge in [0, 0.05) is 34.3 Å². The zero-order valence-corrected chi connectivity index (χ0v) is 31.2. The number of carboxylic acid groups (broad SMARTS) is 2. The number of carbonyl (C=O) groups is 2. The van der Waals surface area contributed by atoms with Crippen LogP contribution in [0.15, 0.2) is 103 Å². The Morgan fingerprint density at radius 3 is 1.21 bits per heavy atom. The van der Waals surface area contributed by atoms with E-state index in [2.05, 4.69) is 25.8 Å². The molecule has 6 aromatic rings. The third-order valence-electron chi connectivity index (χ3n) is 8.49. The molecule has 0 spiro atoms. The van der Waals surface area contributed by atoms with E-state index in [1.807, 2.05) is 0 Å². The number of hydrogen-bond donors (Lipinski definition) is 9. The quantitative estimate of drug-likeness (QED) is 0.0256. The number of hydrogen-bond acceptors (Lipinski definition) is 19. The summed E-state index contributed by atoms with van der Waals surface area (Å²) in [5.41, 5.74) is -6.69. The Kier molecular flexibility index (Phi) is 10.7. The van der Waals surface area contributed by atoms with Crippen molar-refractivity contribution in [3.05, 3.63) is 104 Å². The third-order valence-corrected chi connectivity index (χ3v) is 10.2. The van der Waals surface area contributed by atoms with E-state index in [4.69, 9.17) is 0 Å². The Bertz CT molecular complexity index is 3030. The third kappa shape index (κ3) is 8.31. The predicted octanol–water partition coefficient (Wildman–Crippen LogP) is 7.10. The molecule has 0 heterocycles. The number of aromatic hydroxyl groups is 4. The van der Waals surface area contributed by atoms with Crippen LogP contribution in [0.2, 0.25) is 0 Å². The summed E-state index contributed by atoms with van der Waals surface area (Å²) in [5, 5.41) is 101. The van der Waals surface area contributed by atoms with Gasteiger partial charge in [0.15, 0.2) is 11.5 Å². The maximum atomic E-state index is 12.4. The fourth-order valence-corrected chi connectivity index (χ4v) is 7.02. The number of nitrogens with zero attached hydrogens (tertiary/aromatic N) is 6. The molecule has 0 bridgehead atoms. The van der Waals surface area contributed by atoms with Gasteiger partial charge in [-0.25, -0.2) is 9.59 Å². The molecule has 0 aliphatic rings. The molecule has 0 saturated carbocycles. The summed E-state index contributed by atoms with van der Waals surface area (Å²) >= 11 is 0. The van der Waals surface area contributed by atoms with Gasteiger partial charge in [0.25, 0.3) is 20.2 Å². The van der Waals surface area contributed by atoms with Gasteiger partial charge in [-0.1, -0.05) is 0 Å². The summed E-state index contributed by atoms with van der Waals surface area (Å²) in [5.74, 6) is -7.42. The molecule has 0 aliphatic carbocycles. The maximum Gasteiger partial charge on any atom is 0.336 e. The van der Waals surface area contributed by atoms with E-state index in [9.17, 15) is 86.4 Å². The smallest absolute Gasteiger partial charge is 0.336 e. The van der Waals surface area contributed by atoms with Crippen LogP contribution in [0.1, 0.15) is 20.7 Å². The number of nitro benzene ring substituents is 2. The SMILES string of the molecule is O=C(O)c1cc(N=Nc2c(S(=O)(=O)O)cc3cc(Nc4ccc5c(O)c(N=Nc6cc(C(=O)O)cc([N+](=O)[O-])c6O)c(S(=O)(=O)O)cc5c4)ccc3c2O)c(O)c([N+](=O)[O-])c1. The Morgan fingerprint density at radius 2 is 0.902 bits per heavy atom. The number of nitro groups is 2. The lowest BCUT2D eigenvalue weighted by atomic mass is 10.1. The number of phenols is 4. The van der Waals surface area contributed by atoms with Crippen molar-refractivity contribution in [3.8, 4) is 23.0 Å². The van der Waals surface area contributed by atoms with Crippen LogP contribution in [0.3, 0.4) is 0 Å². The first-order valence-electron chi connectivity index (χ1n) is 16.1. The fourth-order valence-electron chi connectivity index (χ4n) is 5.71. The summed E-state index contributed by atoms with van der Waals surface area (Å²) < 4.78 is 69.7. The molecule has 312 valence electrons. The van der Waals surface area contributed by atoms with Gasteiger partial charge in [-0.15, -0.1) is 20.5 Å². The molecule has 0 aromatic heterocycles. The van der Waals surface area contributed by atoms with Crippen LogP contribution in [0.4, 0.5) is 45.5 Å². The van der Waals surface area contributed by atoms with Crippen molar-refractivity contribution >= 4 is 99.2 Å². The minimum atomic E-state index is -5.23. The standard InChI is InChI=1S/C34H21N7O18S2/c42-29-19-3-1-17(5-13(19)11-25(60(54,55)56)27(29)38-36-21-7-15(33(46)47)9-23(31(21)44)40(50)51)35-18-2-4-20-14(6-18)12-26(61(57,58)59)28(30(20)43)39-37-22-8-16(34(48)49)10-24(32(22)45)41(52)53/h1-12,35,42-45H,(H,46,47)(H,48,49)(H,54,55,56)(H,57,58,59). The summed E-state index contributed by atoms with van der Waals surface area (Å²) in [6.07, 6.45) is 0. The Morgan fingerprint density at radius 1 is 0.541 bits per heavy atom. The zero-order valence-electron chi connectivity index (χ0n) is 29.6. The Labute approximate surface area is 337 Å². The number of aromatic carboxylic acids is 2. The molecule has 0 fully saturated rings. The number of anilines is 2. The summed E-state index contributed by atoms with van der Waals surface area (Å²) in [7, 11) is -10.5. The summed E-state index contributed by atoms with van der Waals surface area (Å²) in [6.45, 7) is 0. The highest BCUT2D eigenvalue weighted by Crippen LogP contribution is 2.46. The van der Waals surface area contributed by atoms with Crippen LogP contribution in [-0.2, 0) is 20.2 Å². The highest BCUT2D eigenvalue weighted by molar-refractivity contribution is 7.86. The van der Waals surface area contributed by atoms with Crippen LogP contribution in [0.25, 0.3) is 21.5 Å². The van der Waals surface area contributed by atoms with E-state index in [0.29, 0.717) is 24.3 Å². The highest BCUT2D eigenvalue weighted by atomic mass is 32.2. The van der Waals surface area contributed by atoms with Crippen molar-refractivity contribution in [1.82, 2.24) is 0 Å². The van der Waals surface area contributed by atoms with Crippen molar-refractivity contribution in [3.63, 3.8) is 0 Å². The van der Waals surface area contributed by atoms with Gasteiger partial charge in [-0.05, 0) is 71.4 Å². The summed E-state index contributed by atoms with van der Waals surface area (Å²) in [4.78, 5) is 41.3. The van der Waals surface area contributed by atoms with Crippen LogP contribution in [0.5, 0.6) is 23.0 Å². The maximum absolute atomic E-state index is 12.4. The molecule has 0 saturated heterocycles. The highest BCUT2D eigenvalue weighted by Gasteiger charge is 2.27. The zero-order chi connectivity index (χ0) is 44.9. The normalized spacial score (nSPS) is 12.0. The van der Waals surface area contributed by atoms with Gasteiger partial charge in [-0.3, -0.25) is 29.3 Å². The lowest BCUT2D eigenvalue weighted by molar-refractivity contribution is -0.385. The van der Waals surface area contributed by atoms with Crippen molar-refractivity contribution in [2.24, 2.45) is 20.5 Å². The Balaban J connectivity index is 1.39. The number of benzene rings is 6. The fraction of sp³-hybridized carbons (Fsp3) is 0. The van der Waals surface area contributed by atoms with E-state index in [1.54, 1.807) is 0 Å². The average molecular weight is 880 g/mol. The number of fused-ring (bicyclic) bond motifs is 2. The van der Waals surface area contributed by atoms with E-state index >= 15 is 0 Å². The van der Waals surface area contributed by atoms with Gasteiger partial charge in [0.1, 0.15) is 32.5 Å². The van der Waals surface area contributed by atoms with Crippen molar-refractivity contribution in [2.75, 3.05) is 5.32 Å². The summed E-state index contributed by atoms with van der Waals surface area (Å²) in [6, 6.07) is 11.8. The van der Waals surface area contributed by atoms with Crippen LogP contribution in [0, 0.1) is 20.2 Å². The van der Waals surface area contributed by atoms with Crippen LogP contribution >= 0.6 is 0 Å². The van der Waals surface area contributed by atoms with Crippen molar-refractivity contribution < 1.29 is 76.0 Å². The van der Waals surface area contributed by atoms with Gasteiger partial charge in [0.05, 0.1) is 21.0 Å². The lowest BCUT2D eigenvalue weighted by Crippen LogP contribution is -2.00. The molecule has 0 amide bonds. The first-order valence-corrected chi connectivity index (χ1v) is 19.0. The van der Waals surface area contributed by atoms with E-state index in [1.165, 1.54) is 36.4 Å². The molecule has 0 unspecified atom stereocenters. The topological polar surface area (TPSA) is 412 Å². The van der Waals surface area contributed by atoms with Gasteiger partial charge < -0.3 is 36.0 Å². The molecular weight excluding hydrogens is 859 g/mol. The van der Waals surface area contributed by atoms with Crippen LogP contribution < -0.4 is 5.32 Å². The number of phenolic OH excluding ortho intramolecular Hbond substituents is 4. The van der Waals surface area contributed by atoms with E-state index in [0.717, 1.165) is 12.1 Å². The van der Waals surface area contributed by atoms with Gasteiger partial charge in [-0.2, -0.15) is 16.8 Å². The lowest BCUT2D eigenvalue weighted by Gasteiger charge is -2.13. The van der Waals surface area contributed by atoms with Gasteiger partial charge in [0.2, 0.25) is 11.5 Å². The number of nitrogens with one attached hydrogen (secondary N) is 1. The predicted molar refractivity (Wildman–Crippen MR) is 206 cm³/mol. The van der Waals surface area contributed by atoms with Gasteiger partial charge >= 0.3 is 23.3 Å². The molecule has 25 nitrogen and oxygen atoms in total. The molecule has 9 N–H and O–H groups in total. The van der Waals surface area contributed by atoms with Crippen molar-refractivity contribution in [2.45, 2.75) is 9.79 Å². The Hall–Kier alpha value is -8.40. The molecule has 61 heavy (non-hydrogen) atoms. The minimum absolute atomic E-state index is 0.0622. The van der Waals surface area contributed by atoms with E-state index in [-0.39, 0.29) is 32.9 Å². The molecule has 0 aliphatic heterocycles. The number of carboxylic acids is 2. The molecular formula is C34H21N7O18S2. The van der Waals surface area contributed by atoms with Crippen molar-refractivity contribution in [1.29, 1.82) is 0 Å². The molecule has 0 radical (unpaired) electrons. The second-order valence-corrected chi connectivity index (χ2v) is 15.1. The monoisotopic (exact) mass is 879 g/mol. The molecule has 6 aromatic carbocycles. The largest absolute Gasteiger partial charge is 0.505 e. The number of azo groups is 2. The minimum Gasteiger partial charge on any atom is -0.505 e. The second kappa shape index (κ2) is 15.4. The number of rotatable bonds is 12. The molecule has 0 atom stereocenters. The molecule has 27 heteroatoms. The first-order chi connectivity index (χ1) is 28.5. The second-order valence-electron chi connectivity index (χ2n) is 12.3.